The molecule has 5 heterocycles. The first-order chi connectivity index (χ1) is 19.9. The van der Waals surface area contributed by atoms with Crippen LogP contribution in [-0.2, 0) is 31.4 Å². The third-order valence-corrected chi connectivity index (χ3v) is 8.57. The molecule has 0 saturated heterocycles. The molecule has 0 fully saturated rings. The molecule has 5 rings (SSSR count). The number of carbonyl (C=O) groups is 1. The molecular weight excluding hydrogens is 569 g/mol. The number of halogens is 3. The summed E-state index contributed by atoms with van der Waals surface area (Å²) in [5.41, 5.74) is 8.29. The number of nitrogens with zero attached hydrogens (tertiary/aromatic N) is 7. The number of fused-ring (bicyclic) bond motifs is 2. The largest absolute Gasteiger partial charge is 0.467 e. The molecule has 1 unspecified atom stereocenters. The number of hydrogen-bond acceptors (Lipinski definition) is 9. The molecule has 1 amide bonds. The normalized spacial score (nSPS) is 16.6. The van der Waals surface area contributed by atoms with Gasteiger partial charge >= 0.3 is 12.2 Å². The molecule has 0 aromatic carbocycles. The minimum absolute atomic E-state index is 0.0215. The van der Waals surface area contributed by atoms with Gasteiger partial charge in [-0.2, -0.15) is 28.2 Å². The number of anilines is 2. The van der Waals surface area contributed by atoms with Crippen molar-refractivity contribution in [1.29, 1.82) is 0 Å². The molecule has 2 aliphatic heterocycles. The predicted molar refractivity (Wildman–Crippen MR) is 153 cm³/mol. The lowest BCUT2D eigenvalue weighted by atomic mass is 9.99. The average molecular weight is 601 g/mol. The van der Waals surface area contributed by atoms with Crippen LogP contribution in [0.3, 0.4) is 0 Å². The maximum Gasteiger partial charge on any atom is 0.419 e. The Labute approximate surface area is 245 Å². The summed E-state index contributed by atoms with van der Waals surface area (Å²) in [6.45, 7) is 5.12. The van der Waals surface area contributed by atoms with Crippen LogP contribution in [-0.4, -0.2) is 63.3 Å². The summed E-state index contributed by atoms with van der Waals surface area (Å²) in [6.07, 6.45) is -3.73. The first kappa shape index (κ1) is 29.5. The van der Waals surface area contributed by atoms with Crippen molar-refractivity contribution in [3.63, 3.8) is 0 Å². The van der Waals surface area contributed by atoms with Crippen molar-refractivity contribution in [2.24, 2.45) is 0 Å². The predicted octanol–water partition coefficient (Wildman–Crippen LogP) is 4.00. The standard InChI is InChI=1S/C28H31F3N8O2S/c1-6-8-16-11-21(32)34-24(22(16)28(29,30)31)20-12-18-17(14-42-20)25(35-27(33-18)41-5)38-9-7-10-39-19(13-38)15(2)23(36-39)26(40)37(3)4/h11,20H,7,9-10,12-14H2,1-5H3,(H2,32,34). The number of thioether (sulfide) groups is 1. The average Bonchev–Trinajstić information content (AvgIpc) is 3.10. The van der Waals surface area contributed by atoms with E-state index in [1.807, 2.05) is 11.6 Å². The van der Waals surface area contributed by atoms with Gasteiger partial charge in [0, 0.05) is 56.0 Å². The Hall–Kier alpha value is -3.99. The van der Waals surface area contributed by atoms with Crippen LogP contribution in [0.2, 0.25) is 0 Å². The number of hydrogen-bond donors (Lipinski definition) is 1. The van der Waals surface area contributed by atoms with Gasteiger partial charge in [0.05, 0.1) is 41.5 Å². The smallest absolute Gasteiger partial charge is 0.419 e. The number of methoxy groups -OCH3 is 1. The van der Waals surface area contributed by atoms with E-state index in [2.05, 4.69) is 31.8 Å². The number of nitrogens with two attached hydrogens (primary N) is 1. The lowest BCUT2D eigenvalue weighted by Gasteiger charge is -2.30. The highest BCUT2D eigenvalue weighted by molar-refractivity contribution is 7.98. The van der Waals surface area contributed by atoms with Gasteiger partial charge in [-0.25, -0.2) is 4.98 Å². The third kappa shape index (κ3) is 5.45. The van der Waals surface area contributed by atoms with Gasteiger partial charge < -0.3 is 20.3 Å². The van der Waals surface area contributed by atoms with E-state index < -0.39 is 17.0 Å². The zero-order valence-electron chi connectivity index (χ0n) is 24.0. The number of pyridine rings is 1. The van der Waals surface area contributed by atoms with Crippen LogP contribution in [0, 0.1) is 18.8 Å². The number of ether oxygens (including phenoxy) is 1. The van der Waals surface area contributed by atoms with E-state index in [0.29, 0.717) is 42.6 Å². The van der Waals surface area contributed by atoms with Crippen molar-refractivity contribution in [1.82, 2.24) is 29.6 Å². The van der Waals surface area contributed by atoms with Gasteiger partial charge in [-0.1, -0.05) is 5.92 Å². The van der Waals surface area contributed by atoms with Crippen LogP contribution in [0.1, 0.15) is 68.4 Å². The van der Waals surface area contributed by atoms with Crippen molar-refractivity contribution >= 4 is 29.3 Å². The summed E-state index contributed by atoms with van der Waals surface area (Å²) < 4.78 is 50.2. The molecule has 42 heavy (non-hydrogen) atoms. The summed E-state index contributed by atoms with van der Waals surface area (Å²) in [6, 6.07) is 1.29. The zero-order valence-corrected chi connectivity index (χ0v) is 24.8. The van der Waals surface area contributed by atoms with Gasteiger partial charge in [0.15, 0.2) is 5.69 Å². The van der Waals surface area contributed by atoms with Crippen LogP contribution in [0.4, 0.5) is 24.8 Å². The molecule has 0 radical (unpaired) electrons. The fourth-order valence-corrected chi connectivity index (χ4v) is 6.61. The maximum atomic E-state index is 14.3. The van der Waals surface area contributed by atoms with Crippen molar-refractivity contribution in [3.8, 4) is 17.9 Å². The van der Waals surface area contributed by atoms with Crippen LogP contribution in [0.15, 0.2) is 6.07 Å². The molecule has 0 saturated carbocycles. The van der Waals surface area contributed by atoms with E-state index in [1.165, 1.54) is 30.7 Å². The second-order valence-electron chi connectivity index (χ2n) is 10.3. The Morgan fingerprint density at radius 2 is 2.00 bits per heavy atom. The number of carbonyl (C=O) groups excluding carboxylic acids is 1. The van der Waals surface area contributed by atoms with Crippen LogP contribution in [0.25, 0.3) is 0 Å². The molecule has 2 aliphatic rings. The van der Waals surface area contributed by atoms with Gasteiger partial charge in [-0.3, -0.25) is 9.48 Å². The van der Waals surface area contributed by atoms with E-state index in [0.717, 1.165) is 29.3 Å². The number of alkyl halides is 3. The van der Waals surface area contributed by atoms with E-state index in [9.17, 15) is 18.0 Å². The molecule has 3 aromatic heterocycles. The Balaban J connectivity index is 1.54. The van der Waals surface area contributed by atoms with Crippen molar-refractivity contribution in [3.05, 3.63) is 51.1 Å². The van der Waals surface area contributed by atoms with E-state index in [1.54, 1.807) is 14.1 Å². The highest BCUT2D eigenvalue weighted by Crippen LogP contribution is 2.47. The fraction of sp³-hybridized carbons (Fsp3) is 0.464. The van der Waals surface area contributed by atoms with E-state index in [4.69, 9.17) is 15.5 Å². The SMILES string of the molecule is CC#Cc1cc(N)nc(C2Cc3nc(OC)nc(N4CCCn5nc(C(=O)N(C)C)c(C)c5C4)c3CS2)c1C(F)(F)F. The number of aryl methyl sites for hydroxylation is 1. The van der Waals surface area contributed by atoms with Gasteiger partial charge in [0.25, 0.3) is 5.91 Å². The Morgan fingerprint density at radius 1 is 1.24 bits per heavy atom. The Bertz CT molecular complexity index is 1610. The van der Waals surface area contributed by atoms with E-state index in [-0.39, 0.29) is 35.4 Å². The van der Waals surface area contributed by atoms with E-state index >= 15 is 0 Å². The van der Waals surface area contributed by atoms with Gasteiger partial charge in [-0.15, -0.1) is 17.7 Å². The molecule has 222 valence electrons. The summed E-state index contributed by atoms with van der Waals surface area (Å²) in [5.74, 6) is 5.93. The van der Waals surface area contributed by atoms with Gasteiger partial charge in [0.2, 0.25) is 0 Å². The minimum Gasteiger partial charge on any atom is -0.467 e. The first-order valence-electron chi connectivity index (χ1n) is 13.3. The summed E-state index contributed by atoms with van der Waals surface area (Å²) in [4.78, 5) is 29.7. The second kappa shape index (κ2) is 11.4. The highest BCUT2D eigenvalue weighted by Gasteiger charge is 2.41. The van der Waals surface area contributed by atoms with Gasteiger partial charge in [-0.05, 0) is 26.3 Å². The number of aromatic nitrogens is 5. The molecule has 10 nitrogen and oxygen atoms in total. The Kier molecular flexibility index (Phi) is 7.98. The minimum atomic E-state index is -4.66. The monoisotopic (exact) mass is 600 g/mol. The highest BCUT2D eigenvalue weighted by atomic mass is 32.2. The molecule has 0 aliphatic carbocycles. The molecule has 0 spiro atoms. The molecular formula is C28H31F3N8O2S. The van der Waals surface area contributed by atoms with Gasteiger partial charge in [0.1, 0.15) is 11.6 Å². The van der Waals surface area contributed by atoms with Crippen molar-refractivity contribution in [2.75, 3.05) is 38.4 Å². The Morgan fingerprint density at radius 3 is 2.67 bits per heavy atom. The number of nitrogen functional groups attached to an aromatic ring is 1. The number of amides is 1. The van der Waals surface area contributed by atoms with Crippen LogP contribution < -0.4 is 15.4 Å². The summed E-state index contributed by atoms with van der Waals surface area (Å²) in [5, 5.41) is 3.94. The zero-order chi connectivity index (χ0) is 30.3. The molecule has 1 atom stereocenters. The molecule has 0 bridgehead atoms. The molecule has 14 heteroatoms. The third-order valence-electron chi connectivity index (χ3n) is 7.32. The first-order valence-corrected chi connectivity index (χ1v) is 14.4. The van der Waals surface area contributed by atoms with Crippen molar-refractivity contribution < 1.29 is 22.7 Å². The molecule has 3 aromatic rings. The lowest BCUT2D eigenvalue weighted by Crippen LogP contribution is -2.28. The van der Waals surface area contributed by atoms with Crippen LogP contribution >= 0.6 is 11.8 Å². The summed E-state index contributed by atoms with van der Waals surface area (Å²) >= 11 is 1.34. The molecule has 2 N–H and O–H groups in total. The maximum absolute atomic E-state index is 14.3. The quantitative estimate of drug-likeness (QED) is 0.444. The summed E-state index contributed by atoms with van der Waals surface area (Å²) in [7, 11) is 4.84. The fourth-order valence-electron chi connectivity index (χ4n) is 5.35. The number of rotatable bonds is 4. The topological polar surface area (TPSA) is 115 Å². The second-order valence-corrected chi connectivity index (χ2v) is 11.5. The lowest BCUT2D eigenvalue weighted by molar-refractivity contribution is -0.138. The van der Waals surface area contributed by atoms with Crippen molar-refractivity contribution in [2.45, 2.75) is 57.0 Å². The van der Waals surface area contributed by atoms with Crippen LogP contribution in [0.5, 0.6) is 6.01 Å².